The molecule has 1 aromatic carbocycles. The summed E-state index contributed by atoms with van der Waals surface area (Å²) in [6.45, 7) is -0.472. The number of carbonyl (C=O) groups excluding carboxylic acids is 1. The topological polar surface area (TPSA) is 37.3 Å². The van der Waals surface area contributed by atoms with Gasteiger partial charge in [0.2, 0.25) is 0 Å². The van der Waals surface area contributed by atoms with Crippen molar-refractivity contribution in [2.75, 3.05) is 6.61 Å². The van der Waals surface area contributed by atoms with Crippen LogP contribution in [0, 0.1) is 0 Å². The van der Waals surface area contributed by atoms with Gasteiger partial charge in [0.1, 0.15) is 6.61 Å². The molecule has 4 heteroatoms. The van der Waals surface area contributed by atoms with E-state index >= 15 is 0 Å². The molecule has 0 bridgehead atoms. The third kappa shape index (κ3) is 2.81. The smallest absolute Gasteiger partial charge is 0.188 e. The van der Waals surface area contributed by atoms with Crippen molar-refractivity contribution in [3.8, 4) is 0 Å². The van der Waals surface area contributed by atoms with Crippen LogP contribution in [-0.4, -0.2) is 17.5 Å². The zero-order valence-electron chi connectivity index (χ0n) is 6.16. The monoisotopic (exact) mass is 206 g/mol. The van der Waals surface area contributed by atoms with Gasteiger partial charge in [-0.2, -0.15) is 0 Å². The lowest BCUT2D eigenvalue weighted by atomic mass is 10.1. The molecule has 0 fully saturated rings. The summed E-state index contributed by atoms with van der Waals surface area (Å²) in [5.41, 5.74) is 0.444. The first-order valence-corrected chi connectivity index (χ1v) is 3.51. The first-order chi connectivity index (χ1) is 5.24. The Morgan fingerprint density at radius 3 is 2.67 bits per heavy atom. The summed E-state index contributed by atoms with van der Waals surface area (Å²) in [7, 11) is 0. The van der Waals surface area contributed by atoms with Gasteiger partial charge in [-0.05, 0) is 12.1 Å². The second-order valence-electron chi connectivity index (χ2n) is 2.09. The van der Waals surface area contributed by atoms with Gasteiger partial charge in [-0.1, -0.05) is 23.7 Å². The van der Waals surface area contributed by atoms with Gasteiger partial charge >= 0.3 is 0 Å². The molecule has 0 aliphatic carbocycles. The van der Waals surface area contributed by atoms with E-state index in [9.17, 15) is 4.79 Å². The maximum atomic E-state index is 10.9. The standard InChI is InChI=1S/C8H7ClO2.ClH/c9-7-3-1-2-6(4-7)8(11)5-10;/h1-4,10H,5H2;1H. The van der Waals surface area contributed by atoms with Crippen molar-refractivity contribution in [3.05, 3.63) is 34.9 Å². The number of hydrogen-bond acceptors (Lipinski definition) is 2. The van der Waals surface area contributed by atoms with Crippen LogP contribution in [0.2, 0.25) is 5.02 Å². The van der Waals surface area contributed by atoms with Crippen LogP contribution in [0.4, 0.5) is 0 Å². The van der Waals surface area contributed by atoms with E-state index in [1.54, 1.807) is 18.2 Å². The summed E-state index contributed by atoms with van der Waals surface area (Å²) in [5, 5.41) is 8.99. The lowest BCUT2D eigenvalue weighted by Gasteiger charge is -1.95. The van der Waals surface area contributed by atoms with E-state index < -0.39 is 6.61 Å². The van der Waals surface area contributed by atoms with Crippen LogP contribution in [0.15, 0.2) is 24.3 Å². The zero-order chi connectivity index (χ0) is 8.27. The highest BCUT2D eigenvalue weighted by molar-refractivity contribution is 6.31. The minimum absolute atomic E-state index is 0. The zero-order valence-corrected chi connectivity index (χ0v) is 7.73. The Kier molecular flexibility index (Phi) is 4.90. The van der Waals surface area contributed by atoms with E-state index in [2.05, 4.69) is 0 Å². The molecule has 0 saturated carbocycles. The SMILES string of the molecule is Cl.O=C(CO)c1cccc(Cl)c1. The molecule has 1 N–H and O–H groups in total. The Balaban J connectivity index is 0.00000121. The Morgan fingerprint density at radius 2 is 2.17 bits per heavy atom. The second-order valence-corrected chi connectivity index (χ2v) is 2.53. The first kappa shape index (κ1) is 11.4. The maximum Gasteiger partial charge on any atom is 0.188 e. The predicted molar refractivity (Wildman–Crippen MR) is 50.1 cm³/mol. The number of aliphatic hydroxyl groups is 1. The Morgan fingerprint density at radius 1 is 1.50 bits per heavy atom. The van der Waals surface area contributed by atoms with Crippen molar-refractivity contribution < 1.29 is 9.90 Å². The van der Waals surface area contributed by atoms with Crippen LogP contribution in [-0.2, 0) is 0 Å². The molecule has 0 unspecified atom stereocenters. The average molecular weight is 207 g/mol. The molecular formula is C8H8Cl2O2. The summed E-state index contributed by atoms with van der Waals surface area (Å²) in [6.07, 6.45) is 0. The molecule has 1 aromatic rings. The normalized spacial score (nSPS) is 8.83. The highest BCUT2D eigenvalue weighted by Crippen LogP contribution is 2.10. The van der Waals surface area contributed by atoms with Gasteiger partial charge in [0, 0.05) is 10.6 Å². The molecular weight excluding hydrogens is 199 g/mol. The van der Waals surface area contributed by atoms with Gasteiger partial charge in [-0.3, -0.25) is 4.79 Å². The minimum Gasteiger partial charge on any atom is -0.388 e. The Hall–Kier alpha value is -0.570. The van der Waals surface area contributed by atoms with Gasteiger partial charge in [0.05, 0.1) is 0 Å². The van der Waals surface area contributed by atoms with Crippen molar-refractivity contribution in [1.29, 1.82) is 0 Å². The number of hydrogen-bond donors (Lipinski definition) is 1. The second kappa shape index (κ2) is 5.14. The van der Waals surface area contributed by atoms with Crippen molar-refractivity contribution in [3.63, 3.8) is 0 Å². The minimum atomic E-state index is -0.472. The number of aliphatic hydroxyl groups excluding tert-OH is 1. The number of Topliss-reactive ketones (excluding diaryl/α,β-unsaturated/α-hetero) is 1. The molecule has 0 aliphatic rings. The predicted octanol–water partition coefficient (Wildman–Crippen LogP) is 1.94. The number of benzene rings is 1. The Labute approximate surface area is 81.6 Å². The molecule has 0 aliphatic heterocycles. The fraction of sp³-hybridized carbons (Fsp3) is 0.125. The van der Waals surface area contributed by atoms with E-state index in [0.717, 1.165) is 0 Å². The highest BCUT2D eigenvalue weighted by atomic mass is 35.5. The van der Waals surface area contributed by atoms with E-state index in [-0.39, 0.29) is 18.2 Å². The number of halogens is 2. The van der Waals surface area contributed by atoms with E-state index in [1.807, 2.05) is 0 Å². The maximum absolute atomic E-state index is 10.9. The van der Waals surface area contributed by atoms with Crippen LogP contribution < -0.4 is 0 Å². The highest BCUT2D eigenvalue weighted by Gasteiger charge is 2.02. The van der Waals surface area contributed by atoms with Crippen molar-refractivity contribution in [1.82, 2.24) is 0 Å². The number of carbonyl (C=O) groups is 1. The molecule has 2 nitrogen and oxygen atoms in total. The third-order valence-electron chi connectivity index (χ3n) is 1.29. The van der Waals surface area contributed by atoms with Gasteiger partial charge in [0.25, 0.3) is 0 Å². The van der Waals surface area contributed by atoms with Gasteiger partial charge in [-0.25, -0.2) is 0 Å². The molecule has 0 aromatic heterocycles. The van der Waals surface area contributed by atoms with Crippen LogP contribution in [0.3, 0.4) is 0 Å². The van der Waals surface area contributed by atoms with Crippen LogP contribution in [0.25, 0.3) is 0 Å². The van der Waals surface area contributed by atoms with E-state index in [4.69, 9.17) is 16.7 Å². The lowest BCUT2D eigenvalue weighted by Crippen LogP contribution is -2.03. The van der Waals surface area contributed by atoms with Crippen LogP contribution >= 0.6 is 24.0 Å². The summed E-state index contributed by atoms with van der Waals surface area (Å²) >= 11 is 5.61. The largest absolute Gasteiger partial charge is 0.388 e. The quantitative estimate of drug-likeness (QED) is 0.752. The third-order valence-corrected chi connectivity index (χ3v) is 1.53. The van der Waals surface area contributed by atoms with E-state index in [0.29, 0.717) is 10.6 Å². The molecule has 1 rings (SSSR count). The fourth-order valence-corrected chi connectivity index (χ4v) is 0.943. The molecule has 0 saturated heterocycles. The van der Waals surface area contributed by atoms with Gasteiger partial charge < -0.3 is 5.11 Å². The summed E-state index contributed by atoms with van der Waals surface area (Å²) in [6, 6.07) is 6.49. The molecule has 12 heavy (non-hydrogen) atoms. The van der Waals surface area contributed by atoms with Crippen molar-refractivity contribution in [2.45, 2.75) is 0 Å². The van der Waals surface area contributed by atoms with Crippen molar-refractivity contribution >= 4 is 29.8 Å². The summed E-state index contributed by atoms with van der Waals surface area (Å²) < 4.78 is 0. The van der Waals surface area contributed by atoms with E-state index in [1.165, 1.54) is 6.07 Å². The average Bonchev–Trinajstić information content (AvgIpc) is 2.03. The number of ketones is 1. The number of rotatable bonds is 2. The summed E-state index contributed by atoms with van der Waals surface area (Å²) in [4.78, 5) is 10.9. The lowest BCUT2D eigenvalue weighted by molar-refractivity contribution is 0.0904. The van der Waals surface area contributed by atoms with Gasteiger partial charge in [-0.15, -0.1) is 12.4 Å². The molecule has 0 heterocycles. The molecule has 0 radical (unpaired) electrons. The van der Waals surface area contributed by atoms with Crippen LogP contribution in [0.5, 0.6) is 0 Å². The fourth-order valence-electron chi connectivity index (χ4n) is 0.753. The van der Waals surface area contributed by atoms with Crippen LogP contribution in [0.1, 0.15) is 10.4 Å². The van der Waals surface area contributed by atoms with Crippen molar-refractivity contribution in [2.24, 2.45) is 0 Å². The first-order valence-electron chi connectivity index (χ1n) is 3.13. The molecule has 66 valence electrons. The summed E-state index contributed by atoms with van der Waals surface area (Å²) in [5.74, 6) is -0.312. The molecule has 0 spiro atoms. The van der Waals surface area contributed by atoms with Gasteiger partial charge in [0.15, 0.2) is 5.78 Å². The Bertz CT molecular complexity index is 274. The molecule has 0 atom stereocenters. The molecule has 0 amide bonds.